The fourth-order valence-corrected chi connectivity index (χ4v) is 4.01. The van der Waals surface area contributed by atoms with Crippen LogP contribution in [-0.4, -0.2) is 36.8 Å². The Hall–Kier alpha value is -3.79. The van der Waals surface area contributed by atoms with Crippen LogP contribution in [0.15, 0.2) is 24.8 Å². The maximum atomic E-state index is 14.5. The number of carbonyl (C=O) groups excluding carboxylic acids is 1. The summed E-state index contributed by atoms with van der Waals surface area (Å²) < 4.78 is 17.6. The van der Waals surface area contributed by atoms with Gasteiger partial charge in [-0.1, -0.05) is 0 Å². The summed E-state index contributed by atoms with van der Waals surface area (Å²) >= 11 is 0. The lowest BCUT2D eigenvalue weighted by Gasteiger charge is -2.30. The van der Waals surface area contributed by atoms with E-state index in [1.165, 1.54) is 9.42 Å². The Bertz CT molecular complexity index is 1260. The van der Waals surface area contributed by atoms with Gasteiger partial charge < -0.3 is 0 Å². The first-order chi connectivity index (χ1) is 14.4. The van der Waals surface area contributed by atoms with Crippen molar-refractivity contribution in [2.45, 2.75) is 32.2 Å². The first-order valence-corrected chi connectivity index (χ1v) is 9.65. The van der Waals surface area contributed by atoms with Gasteiger partial charge in [-0.2, -0.15) is 20.7 Å². The fourth-order valence-electron chi connectivity index (χ4n) is 4.01. The molecule has 1 saturated carbocycles. The van der Waals surface area contributed by atoms with Crippen molar-refractivity contribution in [1.82, 2.24) is 24.4 Å². The van der Waals surface area contributed by atoms with Crippen LogP contribution in [0.1, 0.15) is 32.2 Å². The molecule has 1 atom stereocenters. The van der Waals surface area contributed by atoms with Gasteiger partial charge in [0.25, 0.3) is 0 Å². The van der Waals surface area contributed by atoms with Crippen molar-refractivity contribution in [2.75, 3.05) is 11.4 Å². The number of carbonyl (C=O) groups is 1. The molecule has 9 nitrogen and oxygen atoms in total. The van der Waals surface area contributed by atoms with Gasteiger partial charge in [0.15, 0.2) is 11.6 Å². The highest BCUT2D eigenvalue weighted by Crippen LogP contribution is 2.38. The van der Waals surface area contributed by atoms with Gasteiger partial charge in [0.1, 0.15) is 10.9 Å². The van der Waals surface area contributed by atoms with Crippen molar-refractivity contribution in [3.8, 4) is 23.4 Å². The Labute approximate surface area is 170 Å². The number of halogens is 1. The zero-order valence-corrected chi connectivity index (χ0v) is 16.2. The number of rotatable bonds is 3. The summed E-state index contributed by atoms with van der Waals surface area (Å²) in [5, 5.41) is 26.8. The Morgan fingerprint density at radius 2 is 2.03 bits per heavy atom. The van der Waals surface area contributed by atoms with E-state index in [0.29, 0.717) is 17.7 Å². The summed E-state index contributed by atoms with van der Waals surface area (Å²) in [4.78, 5) is 18.8. The molecular formula is C20H17FN8O. The van der Waals surface area contributed by atoms with Gasteiger partial charge in [0.2, 0.25) is 5.91 Å². The number of hydrogen-bond donors (Lipinski definition) is 0. The topological polar surface area (TPSA) is 116 Å². The number of anilines is 1. The minimum absolute atomic E-state index is 0.0615. The molecule has 0 spiro atoms. The van der Waals surface area contributed by atoms with E-state index in [1.54, 1.807) is 19.3 Å². The van der Waals surface area contributed by atoms with Crippen LogP contribution in [0, 0.1) is 39.8 Å². The average Bonchev–Trinajstić information content (AvgIpc) is 3.41. The van der Waals surface area contributed by atoms with Crippen LogP contribution in [0.2, 0.25) is 0 Å². The van der Waals surface area contributed by atoms with Gasteiger partial charge >= 0.3 is 0 Å². The summed E-state index contributed by atoms with van der Waals surface area (Å²) in [5.41, 5.74) is 0.125. The SMILES string of the molecule is C[C@]1(C#N)CCN(c2nc(-c3cnn(C4CC(C#N)C4)c3)cn3ncc(F)c23)C1=O. The van der Waals surface area contributed by atoms with Gasteiger partial charge in [-0.05, 0) is 26.2 Å². The van der Waals surface area contributed by atoms with Gasteiger partial charge in [0.05, 0.1) is 48.4 Å². The molecule has 3 aromatic heterocycles. The van der Waals surface area contributed by atoms with E-state index in [1.807, 2.05) is 10.9 Å². The van der Waals surface area contributed by atoms with Crippen molar-refractivity contribution in [1.29, 1.82) is 10.5 Å². The van der Waals surface area contributed by atoms with Crippen LogP contribution in [-0.2, 0) is 4.79 Å². The van der Waals surface area contributed by atoms with Crippen molar-refractivity contribution < 1.29 is 9.18 Å². The molecule has 2 fully saturated rings. The van der Waals surface area contributed by atoms with E-state index in [4.69, 9.17) is 5.26 Å². The maximum Gasteiger partial charge on any atom is 0.248 e. The number of nitrogens with zero attached hydrogens (tertiary/aromatic N) is 8. The molecule has 0 radical (unpaired) electrons. The highest BCUT2D eigenvalue weighted by molar-refractivity contribution is 6.03. The van der Waals surface area contributed by atoms with Crippen molar-refractivity contribution in [3.05, 3.63) is 30.6 Å². The van der Waals surface area contributed by atoms with Crippen LogP contribution >= 0.6 is 0 Å². The number of aromatic nitrogens is 5. The molecule has 1 aliphatic heterocycles. The summed E-state index contributed by atoms with van der Waals surface area (Å²) in [6, 6.07) is 4.49. The van der Waals surface area contributed by atoms with Gasteiger partial charge in [-0.15, -0.1) is 0 Å². The summed E-state index contributed by atoms with van der Waals surface area (Å²) in [5.74, 6) is -0.779. The van der Waals surface area contributed by atoms with Crippen LogP contribution in [0.5, 0.6) is 0 Å². The van der Waals surface area contributed by atoms with E-state index in [9.17, 15) is 14.4 Å². The number of nitriles is 2. The largest absolute Gasteiger partial charge is 0.293 e. The second-order valence-corrected chi connectivity index (χ2v) is 8.05. The molecule has 1 saturated heterocycles. The highest BCUT2D eigenvalue weighted by Gasteiger charge is 2.45. The smallest absolute Gasteiger partial charge is 0.248 e. The van der Waals surface area contributed by atoms with Crippen molar-refractivity contribution >= 4 is 17.2 Å². The Kier molecular flexibility index (Phi) is 3.87. The van der Waals surface area contributed by atoms with E-state index in [-0.39, 0.29) is 29.8 Å². The van der Waals surface area contributed by atoms with E-state index >= 15 is 0 Å². The number of amides is 1. The van der Waals surface area contributed by atoms with Crippen LogP contribution in [0.4, 0.5) is 10.2 Å². The molecule has 0 unspecified atom stereocenters. The van der Waals surface area contributed by atoms with Crippen molar-refractivity contribution in [2.24, 2.45) is 11.3 Å². The summed E-state index contributed by atoms with van der Waals surface area (Å²) in [6.45, 7) is 1.86. The van der Waals surface area contributed by atoms with E-state index < -0.39 is 17.1 Å². The minimum Gasteiger partial charge on any atom is -0.293 e. The van der Waals surface area contributed by atoms with Crippen LogP contribution < -0.4 is 4.90 Å². The minimum atomic E-state index is -1.16. The van der Waals surface area contributed by atoms with Gasteiger partial charge in [0, 0.05) is 18.3 Å². The molecule has 30 heavy (non-hydrogen) atoms. The molecule has 1 amide bonds. The quantitative estimate of drug-likeness (QED) is 0.662. The molecule has 0 N–H and O–H groups in total. The normalized spacial score (nSPS) is 25.9. The Morgan fingerprint density at radius 3 is 2.73 bits per heavy atom. The Morgan fingerprint density at radius 1 is 1.23 bits per heavy atom. The second kappa shape index (κ2) is 6.36. The summed E-state index contributed by atoms with van der Waals surface area (Å²) in [7, 11) is 0. The highest BCUT2D eigenvalue weighted by atomic mass is 19.1. The van der Waals surface area contributed by atoms with Gasteiger partial charge in [-0.3, -0.25) is 14.4 Å². The third-order valence-electron chi connectivity index (χ3n) is 6.06. The van der Waals surface area contributed by atoms with Gasteiger partial charge in [-0.25, -0.2) is 13.9 Å². The van der Waals surface area contributed by atoms with Crippen LogP contribution in [0.25, 0.3) is 16.8 Å². The molecule has 1 aliphatic carbocycles. The molecule has 3 aromatic rings. The molecule has 0 bridgehead atoms. The number of hydrogen-bond acceptors (Lipinski definition) is 6. The lowest BCUT2D eigenvalue weighted by molar-refractivity contribution is -0.122. The lowest BCUT2D eigenvalue weighted by Crippen LogP contribution is -2.32. The number of fused-ring (bicyclic) bond motifs is 1. The maximum absolute atomic E-state index is 14.5. The average molecular weight is 404 g/mol. The molecule has 150 valence electrons. The second-order valence-electron chi connectivity index (χ2n) is 8.05. The van der Waals surface area contributed by atoms with Crippen LogP contribution in [0.3, 0.4) is 0 Å². The molecule has 0 aromatic carbocycles. The third kappa shape index (κ3) is 2.57. The lowest BCUT2D eigenvalue weighted by atomic mass is 9.81. The van der Waals surface area contributed by atoms with E-state index in [2.05, 4.69) is 27.3 Å². The molecule has 5 rings (SSSR count). The molecular weight excluding hydrogens is 387 g/mol. The predicted octanol–water partition coefficient (Wildman–Crippen LogP) is 2.47. The first kappa shape index (κ1) is 18.3. The third-order valence-corrected chi connectivity index (χ3v) is 6.06. The zero-order chi connectivity index (χ0) is 21.0. The monoisotopic (exact) mass is 404 g/mol. The molecule has 2 aliphatic rings. The zero-order valence-electron chi connectivity index (χ0n) is 16.2. The van der Waals surface area contributed by atoms with Crippen molar-refractivity contribution in [3.63, 3.8) is 0 Å². The first-order valence-electron chi connectivity index (χ1n) is 9.65. The van der Waals surface area contributed by atoms with E-state index in [0.717, 1.165) is 19.0 Å². The predicted molar refractivity (Wildman–Crippen MR) is 102 cm³/mol. The summed E-state index contributed by atoms with van der Waals surface area (Å²) in [6.07, 6.45) is 8.02. The molecule has 4 heterocycles. The molecule has 10 heteroatoms. The Balaban J connectivity index is 1.56. The fraction of sp³-hybridized carbons (Fsp3) is 0.400. The standard InChI is InChI=1S/C20H17FN8O/c1-20(11-23)2-3-27(19(20)30)18-17-15(21)8-25-29(17)10-16(26-18)13-7-24-28(9-13)14-4-12(5-14)6-22/h7-10,12,14H,2-5H2,1H3/t12?,14?,20-/m1/s1.